The summed E-state index contributed by atoms with van der Waals surface area (Å²) in [6.45, 7) is 22.3. The molecule has 11 rings (SSSR count). The van der Waals surface area contributed by atoms with Gasteiger partial charge in [0.1, 0.15) is 22.3 Å². The third-order valence-corrected chi connectivity index (χ3v) is 14.5. The molecule has 0 aliphatic rings. The molecule has 0 saturated carbocycles. The van der Waals surface area contributed by atoms with Gasteiger partial charge in [-0.3, -0.25) is 0 Å². The predicted octanol–water partition coefficient (Wildman–Crippen LogP) is 19.8. The van der Waals surface area contributed by atoms with E-state index in [9.17, 15) is 0 Å². The quantitative estimate of drug-likeness (QED) is 0.137. The Bertz CT molecular complexity index is 3340. The van der Waals surface area contributed by atoms with E-state index in [0.29, 0.717) is 23.7 Å². The Labute approximate surface area is 400 Å². The van der Waals surface area contributed by atoms with Crippen LogP contribution in [0.5, 0.6) is 0 Å². The van der Waals surface area contributed by atoms with E-state index in [0.717, 1.165) is 94.3 Å². The number of benzene rings is 9. The Morgan fingerprint density at radius 1 is 0.309 bits per heavy atom. The lowest BCUT2D eigenvalue weighted by atomic mass is 9.96. The minimum Gasteiger partial charge on any atom is -0.456 e. The first kappa shape index (κ1) is 43.3. The number of nitrogens with zero attached hydrogens (tertiary/aromatic N) is 2. The predicted molar refractivity (Wildman–Crippen MR) is 291 cm³/mol. The molecule has 4 heteroatoms. The van der Waals surface area contributed by atoms with Crippen molar-refractivity contribution >= 4 is 99.5 Å². The molecule has 0 bridgehead atoms. The molecule has 0 aliphatic carbocycles. The van der Waals surface area contributed by atoms with Crippen LogP contribution in [0.2, 0.25) is 0 Å². The van der Waals surface area contributed by atoms with Crippen molar-refractivity contribution in [3.63, 3.8) is 0 Å². The van der Waals surface area contributed by atoms with Crippen LogP contribution in [-0.4, -0.2) is 0 Å². The maximum absolute atomic E-state index is 6.88. The van der Waals surface area contributed by atoms with Crippen LogP contribution in [0.15, 0.2) is 167 Å². The molecule has 0 unspecified atom stereocenters. The lowest BCUT2D eigenvalue weighted by molar-refractivity contribution is 0.651. The Morgan fingerprint density at radius 3 is 0.897 bits per heavy atom. The maximum atomic E-state index is 6.88. The molecule has 0 aliphatic heterocycles. The average molecular weight is 889 g/mol. The highest BCUT2D eigenvalue weighted by atomic mass is 16.3. The summed E-state index contributed by atoms with van der Waals surface area (Å²) in [5.74, 6) is 1.86. The van der Waals surface area contributed by atoms with Gasteiger partial charge in [-0.2, -0.15) is 0 Å². The summed E-state index contributed by atoms with van der Waals surface area (Å²) < 4.78 is 13.8. The number of furan rings is 2. The number of fused-ring (bicyclic) bond motifs is 8. The van der Waals surface area contributed by atoms with Crippen molar-refractivity contribution in [3.05, 3.63) is 191 Å². The van der Waals surface area contributed by atoms with Crippen molar-refractivity contribution in [2.75, 3.05) is 9.80 Å². The molecular weight excluding hydrogens is 829 g/mol. The largest absolute Gasteiger partial charge is 0.456 e. The Morgan fingerprint density at radius 2 is 0.603 bits per heavy atom. The standard InChI is InChI=1S/C64H60N2O2/c1-37(2)43-11-21-51(22-12-43)65(52-23-13-44(14-24-52)38(3)4)55-29-19-47-33-57-59(35-49(47)31-55)67-63-42(10)64-62(41(9)61(57)63)58-34-48-20-30-56(32-50(48)36-60(58)68-64)66(53-25-15-45(16-26-53)39(5)6)54-27-17-46(18-28-54)40(7)8/h11-40H,1-10H3. The molecular formula is C64H60N2O2. The Hall–Kier alpha value is -7.30. The lowest BCUT2D eigenvalue weighted by Gasteiger charge is -2.26. The van der Waals surface area contributed by atoms with Gasteiger partial charge >= 0.3 is 0 Å². The highest BCUT2D eigenvalue weighted by Gasteiger charge is 2.23. The summed E-state index contributed by atoms with van der Waals surface area (Å²) in [7, 11) is 0. The van der Waals surface area contributed by atoms with Gasteiger partial charge in [-0.25, -0.2) is 0 Å². The van der Waals surface area contributed by atoms with E-state index < -0.39 is 0 Å². The molecule has 0 atom stereocenters. The van der Waals surface area contributed by atoms with Crippen LogP contribution in [0, 0.1) is 13.8 Å². The van der Waals surface area contributed by atoms with Crippen LogP contribution in [0.25, 0.3) is 65.4 Å². The molecule has 0 N–H and O–H groups in total. The van der Waals surface area contributed by atoms with Gasteiger partial charge in [-0.15, -0.1) is 0 Å². The summed E-state index contributed by atoms with van der Waals surface area (Å²) in [5, 5.41) is 9.14. The molecule has 4 nitrogen and oxygen atoms in total. The summed E-state index contributed by atoms with van der Waals surface area (Å²) >= 11 is 0. The first-order valence-corrected chi connectivity index (χ1v) is 24.5. The summed E-state index contributed by atoms with van der Waals surface area (Å²) in [6, 6.07) is 58.7. The van der Waals surface area contributed by atoms with E-state index in [1.165, 1.54) is 38.6 Å². The smallest absolute Gasteiger partial charge is 0.142 e. The second kappa shape index (κ2) is 16.8. The van der Waals surface area contributed by atoms with Gasteiger partial charge in [0.05, 0.1) is 0 Å². The minimum atomic E-state index is 0.466. The van der Waals surface area contributed by atoms with Crippen LogP contribution in [0.3, 0.4) is 0 Å². The van der Waals surface area contributed by atoms with Gasteiger partial charge in [0.15, 0.2) is 0 Å². The molecule has 9 aromatic carbocycles. The van der Waals surface area contributed by atoms with E-state index in [1.54, 1.807) is 0 Å². The SMILES string of the molecule is Cc1c2oc3cc4cc(N(c5ccc(C(C)C)cc5)c5ccc(C(C)C)cc5)ccc4cc3c2c(C)c2c1oc1cc3cc(N(c4ccc(C(C)C)cc4)c4ccc(C(C)C)cc4)ccc3cc12. The molecule has 338 valence electrons. The fourth-order valence-electron chi connectivity index (χ4n) is 10.4. The highest BCUT2D eigenvalue weighted by Crippen LogP contribution is 2.46. The zero-order valence-electron chi connectivity index (χ0n) is 41.0. The second-order valence-corrected chi connectivity index (χ2v) is 20.3. The van der Waals surface area contributed by atoms with E-state index in [2.05, 4.69) is 237 Å². The van der Waals surface area contributed by atoms with E-state index in [4.69, 9.17) is 8.83 Å². The maximum Gasteiger partial charge on any atom is 0.142 e. The fourth-order valence-corrected chi connectivity index (χ4v) is 10.4. The normalized spacial score (nSPS) is 12.2. The van der Waals surface area contributed by atoms with Crippen molar-refractivity contribution in [3.8, 4) is 0 Å². The van der Waals surface area contributed by atoms with Gasteiger partial charge in [0.25, 0.3) is 0 Å². The number of aryl methyl sites for hydroxylation is 2. The molecule has 0 fully saturated rings. The minimum absolute atomic E-state index is 0.466. The van der Waals surface area contributed by atoms with Crippen LogP contribution in [-0.2, 0) is 0 Å². The fraction of sp³-hybridized carbons (Fsp3) is 0.219. The molecule has 68 heavy (non-hydrogen) atoms. The lowest BCUT2D eigenvalue weighted by Crippen LogP contribution is -2.10. The Balaban J connectivity index is 1.01. The number of hydrogen-bond donors (Lipinski definition) is 0. The molecule has 2 heterocycles. The second-order valence-electron chi connectivity index (χ2n) is 20.3. The van der Waals surface area contributed by atoms with E-state index in [1.807, 2.05) is 0 Å². The number of hydrogen-bond acceptors (Lipinski definition) is 4. The van der Waals surface area contributed by atoms with Crippen LogP contribution in [0.4, 0.5) is 34.1 Å². The van der Waals surface area contributed by atoms with E-state index in [-0.39, 0.29) is 0 Å². The van der Waals surface area contributed by atoms with Gasteiger partial charge in [-0.1, -0.05) is 116 Å². The monoisotopic (exact) mass is 888 g/mol. The summed E-state index contributed by atoms with van der Waals surface area (Å²) in [4.78, 5) is 4.73. The molecule has 0 amide bonds. The topological polar surface area (TPSA) is 32.8 Å². The summed E-state index contributed by atoms with van der Waals surface area (Å²) in [5.41, 5.74) is 17.8. The number of rotatable bonds is 10. The van der Waals surface area contributed by atoms with Crippen molar-refractivity contribution in [1.29, 1.82) is 0 Å². The zero-order chi connectivity index (χ0) is 47.1. The van der Waals surface area contributed by atoms with Crippen LogP contribution < -0.4 is 9.80 Å². The van der Waals surface area contributed by atoms with Crippen LogP contribution >= 0.6 is 0 Å². The Kier molecular flexibility index (Phi) is 10.7. The average Bonchev–Trinajstić information content (AvgIpc) is 3.91. The summed E-state index contributed by atoms with van der Waals surface area (Å²) in [6.07, 6.45) is 0. The van der Waals surface area contributed by atoms with Gasteiger partial charge in [0, 0.05) is 61.2 Å². The first-order chi connectivity index (χ1) is 32.8. The first-order valence-electron chi connectivity index (χ1n) is 24.5. The van der Waals surface area contributed by atoms with Crippen molar-refractivity contribution in [2.24, 2.45) is 0 Å². The third-order valence-electron chi connectivity index (χ3n) is 14.5. The molecule has 0 radical (unpaired) electrons. The van der Waals surface area contributed by atoms with Crippen molar-refractivity contribution in [1.82, 2.24) is 0 Å². The molecule has 0 spiro atoms. The van der Waals surface area contributed by atoms with E-state index >= 15 is 0 Å². The molecule has 11 aromatic rings. The van der Waals surface area contributed by atoms with Gasteiger partial charge in [0.2, 0.25) is 0 Å². The highest BCUT2D eigenvalue weighted by molar-refractivity contribution is 6.22. The number of anilines is 6. The van der Waals surface area contributed by atoms with Crippen molar-refractivity contribution in [2.45, 2.75) is 92.9 Å². The zero-order valence-corrected chi connectivity index (χ0v) is 41.0. The van der Waals surface area contributed by atoms with Crippen molar-refractivity contribution < 1.29 is 8.83 Å². The molecule has 2 aromatic heterocycles. The third kappa shape index (κ3) is 7.38. The van der Waals surface area contributed by atoms with Gasteiger partial charge < -0.3 is 18.6 Å². The molecule has 0 saturated heterocycles. The van der Waals surface area contributed by atoms with Gasteiger partial charge in [-0.05, 0) is 184 Å². The van der Waals surface area contributed by atoms with Crippen LogP contribution in [0.1, 0.15) is 112 Å².